The number of ether oxygens (including phenoxy) is 1. The summed E-state index contributed by atoms with van der Waals surface area (Å²) >= 11 is 0. The smallest absolute Gasteiger partial charge is 0.245 e. The topological polar surface area (TPSA) is 37.7 Å². The van der Waals surface area contributed by atoms with Crippen LogP contribution < -0.4 is 4.74 Å². The largest absolute Gasteiger partial charge is 0.497 e. The Labute approximate surface area is 143 Å². The van der Waals surface area contributed by atoms with E-state index < -0.39 is 0 Å². The highest BCUT2D eigenvalue weighted by Gasteiger charge is 2.25. The number of methoxy groups -OCH3 is 1. The van der Waals surface area contributed by atoms with Crippen LogP contribution in [0.2, 0.25) is 0 Å². The van der Waals surface area contributed by atoms with Gasteiger partial charge in [-0.15, -0.1) is 0 Å². The maximum Gasteiger partial charge on any atom is 0.245 e. The van der Waals surface area contributed by atoms with Gasteiger partial charge in [0.25, 0.3) is 0 Å². The maximum absolute atomic E-state index is 12.6. The van der Waals surface area contributed by atoms with E-state index in [2.05, 4.69) is 17.0 Å². The standard InChI is InChI=1S/C19H25N3O2/c1-16(21-8-3-4-9-21)19(23)22-12-10-20(11-13-22)15-17-6-5-7-18(14-17)24-2/h3-9,14,16H,10-13,15H2,1-2H3. The van der Waals surface area contributed by atoms with Crippen LogP contribution in [0.3, 0.4) is 0 Å². The average molecular weight is 327 g/mol. The molecule has 2 heterocycles. The van der Waals surface area contributed by atoms with Crippen molar-refractivity contribution in [2.75, 3.05) is 33.3 Å². The number of aromatic nitrogens is 1. The molecule has 0 aliphatic carbocycles. The number of hydrogen-bond acceptors (Lipinski definition) is 3. The summed E-state index contributed by atoms with van der Waals surface area (Å²) in [6, 6.07) is 11.9. The minimum Gasteiger partial charge on any atom is -0.497 e. The third kappa shape index (κ3) is 3.79. The molecule has 3 rings (SSSR count). The van der Waals surface area contributed by atoms with Gasteiger partial charge in [0.05, 0.1) is 7.11 Å². The Hall–Kier alpha value is -2.27. The van der Waals surface area contributed by atoms with E-state index in [4.69, 9.17) is 4.74 Å². The van der Waals surface area contributed by atoms with Crippen LogP contribution in [0.15, 0.2) is 48.8 Å². The number of carbonyl (C=O) groups is 1. The van der Waals surface area contributed by atoms with E-state index in [-0.39, 0.29) is 11.9 Å². The van der Waals surface area contributed by atoms with Crippen molar-refractivity contribution in [3.63, 3.8) is 0 Å². The zero-order valence-corrected chi connectivity index (χ0v) is 14.4. The summed E-state index contributed by atoms with van der Waals surface area (Å²) < 4.78 is 7.24. The van der Waals surface area contributed by atoms with Crippen LogP contribution >= 0.6 is 0 Å². The molecule has 2 aromatic rings. The van der Waals surface area contributed by atoms with Crippen LogP contribution in [-0.2, 0) is 11.3 Å². The molecule has 1 atom stereocenters. The molecule has 1 aromatic heterocycles. The van der Waals surface area contributed by atoms with E-state index >= 15 is 0 Å². The van der Waals surface area contributed by atoms with Crippen molar-refractivity contribution >= 4 is 5.91 Å². The number of benzene rings is 1. The Morgan fingerprint density at radius 1 is 1.12 bits per heavy atom. The van der Waals surface area contributed by atoms with Gasteiger partial charge in [-0.2, -0.15) is 0 Å². The SMILES string of the molecule is COc1cccc(CN2CCN(C(=O)C(C)n3cccc3)CC2)c1. The predicted octanol–water partition coefficient (Wildman–Crippen LogP) is 2.40. The highest BCUT2D eigenvalue weighted by molar-refractivity contribution is 5.80. The molecule has 1 aliphatic rings. The summed E-state index contributed by atoms with van der Waals surface area (Å²) in [4.78, 5) is 17.0. The number of amides is 1. The third-order valence-corrected chi connectivity index (χ3v) is 4.66. The molecular formula is C19H25N3O2. The van der Waals surface area contributed by atoms with Gasteiger partial charge >= 0.3 is 0 Å². The fraction of sp³-hybridized carbons (Fsp3) is 0.421. The van der Waals surface area contributed by atoms with Crippen molar-refractivity contribution in [1.29, 1.82) is 0 Å². The van der Waals surface area contributed by atoms with Crippen LogP contribution in [0.4, 0.5) is 0 Å². The molecule has 1 aliphatic heterocycles. The molecule has 5 nitrogen and oxygen atoms in total. The lowest BCUT2D eigenvalue weighted by Crippen LogP contribution is -2.49. The first kappa shape index (κ1) is 16.6. The Morgan fingerprint density at radius 2 is 1.83 bits per heavy atom. The second-order valence-electron chi connectivity index (χ2n) is 6.26. The van der Waals surface area contributed by atoms with Crippen molar-refractivity contribution in [3.8, 4) is 5.75 Å². The number of carbonyl (C=O) groups excluding carboxylic acids is 1. The molecular weight excluding hydrogens is 302 g/mol. The molecule has 1 aromatic carbocycles. The summed E-state index contributed by atoms with van der Waals surface area (Å²) in [6.07, 6.45) is 3.89. The first-order valence-electron chi connectivity index (χ1n) is 8.44. The Bertz CT molecular complexity index is 661. The zero-order chi connectivity index (χ0) is 16.9. The van der Waals surface area contributed by atoms with Gasteiger partial charge in [-0.25, -0.2) is 0 Å². The average Bonchev–Trinajstić information content (AvgIpc) is 3.16. The van der Waals surface area contributed by atoms with Gasteiger partial charge in [0, 0.05) is 45.1 Å². The fourth-order valence-electron chi connectivity index (χ4n) is 3.15. The van der Waals surface area contributed by atoms with Crippen LogP contribution in [0.25, 0.3) is 0 Å². The molecule has 5 heteroatoms. The van der Waals surface area contributed by atoms with Crippen molar-refractivity contribution in [1.82, 2.24) is 14.4 Å². The minimum atomic E-state index is -0.134. The van der Waals surface area contributed by atoms with E-state index in [9.17, 15) is 4.79 Å². The first-order chi connectivity index (χ1) is 11.7. The van der Waals surface area contributed by atoms with Gasteiger partial charge in [-0.1, -0.05) is 12.1 Å². The molecule has 1 unspecified atom stereocenters. The second kappa shape index (κ2) is 7.53. The molecule has 0 N–H and O–H groups in total. The van der Waals surface area contributed by atoms with E-state index in [0.29, 0.717) is 0 Å². The second-order valence-corrected chi connectivity index (χ2v) is 6.26. The summed E-state index contributed by atoms with van der Waals surface area (Å²) in [7, 11) is 1.69. The molecule has 0 radical (unpaired) electrons. The summed E-state index contributed by atoms with van der Waals surface area (Å²) in [5, 5.41) is 0. The normalized spacial score (nSPS) is 16.8. The molecule has 128 valence electrons. The van der Waals surface area contributed by atoms with Gasteiger partial charge in [0.15, 0.2) is 0 Å². The van der Waals surface area contributed by atoms with Crippen molar-refractivity contribution < 1.29 is 9.53 Å². The first-order valence-corrected chi connectivity index (χ1v) is 8.44. The lowest BCUT2D eigenvalue weighted by molar-refractivity contribution is -0.136. The highest BCUT2D eigenvalue weighted by Crippen LogP contribution is 2.17. The van der Waals surface area contributed by atoms with Crippen molar-refractivity contribution in [2.45, 2.75) is 19.5 Å². The number of rotatable bonds is 5. The van der Waals surface area contributed by atoms with E-state index in [1.54, 1.807) is 7.11 Å². The van der Waals surface area contributed by atoms with Gasteiger partial charge in [0.2, 0.25) is 5.91 Å². The minimum absolute atomic E-state index is 0.134. The monoisotopic (exact) mass is 327 g/mol. The van der Waals surface area contributed by atoms with Crippen LogP contribution in [0.1, 0.15) is 18.5 Å². The molecule has 0 saturated carbocycles. The Morgan fingerprint density at radius 3 is 2.50 bits per heavy atom. The molecule has 1 amide bonds. The molecule has 1 saturated heterocycles. The lowest BCUT2D eigenvalue weighted by Gasteiger charge is -2.36. The highest BCUT2D eigenvalue weighted by atomic mass is 16.5. The van der Waals surface area contributed by atoms with Crippen LogP contribution in [0.5, 0.6) is 5.75 Å². The molecule has 24 heavy (non-hydrogen) atoms. The molecule has 1 fully saturated rings. The predicted molar refractivity (Wildman–Crippen MR) is 94.0 cm³/mol. The van der Waals surface area contributed by atoms with E-state index in [1.807, 2.05) is 53.0 Å². The van der Waals surface area contributed by atoms with Crippen molar-refractivity contribution in [2.24, 2.45) is 0 Å². The maximum atomic E-state index is 12.6. The summed E-state index contributed by atoms with van der Waals surface area (Å²) in [6.45, 7) is 6.24. The van der Waals surface area contributed by atoms with Gasteiger partial charge in [-0.3, -0.25) is 9.69 Å². The lowest BCUT2D eigenvalue weighted by atomic mass is 10.1. The van der Waals surface area contributed by atoms with Gasteiger partial charge in [-0.05, 0) is 36.8 Å². The molecule has 0 bridgehead atoms. The zero-order valence-electron chi connectivity index (χ0n) is 14.4. The number of nitrogens with zero attached hydrogens (tertiary/aromatic N) is 3. The Balaban J connectivity index is 1.53. The molecule has 0 spiro atoms. The van der Waals surface area contributed by atoms with Gasteiger partial charge in [0.1, 0.15) is 11.8 Å². The number of piperazine rings is 1. The fourth-order valence-corrected chi connectivity index (χ4v) is 3.15. The van der Waals surface area contributed by atoms with E-state index in [1.165, 1.54) is 5.56 Å². The van der Waals surface area contributed by atoms with E-state index in [0.717, 1.165) is 38.5 Å². The Kier molecular flexibility index (Phi) is 5.20. The third-order valence-electron chi connectivity index (χ3n) is 4.66. The quantitative estimate of drug-likeness (QED) is 0.846. The summed E-state index contributed by atoms with van der Waals surface area (Å²) in [5.41, 5.74) is 1.25. The van der Waals surface area contributed by atoms with Gasteiger partial charge < -0.3 is 14.2 Å². The summed E-state index contributed by atoms with van der Waals surface area (Å²) in [5.74, 6) is 1.09. The van der Waals surface area contributed by atoms with Crippen LogP contribution in [-0.4, -0.2) is 53.6 Å². The van der Waals surface area contributed by atoms with Crippen molar-refractivity contribution in [3.05, 3.63) is 54.4 Å². The number of hydrogen-bond donors (Lipinski definition) is 0. The van der Waals surface area contributed by atoms with Crippen LogP contribution in [0, 0.1) is 0 Å².